The molecule has 1 aliphatic rings. The van der Waals surface area contributed by atoms with Gasteiger partial charge < -0.3 is 15.0 Å². The second-order valence-corrected chi connectivity index (χ2v) is 5.64. The fourth-order valence-electron chi connectivity index (χ4n) is 1.97. The van der Waals surface area contributed by atoms with Gasteiger partial charge >= 0.3 is 0 Å². The molecule has 0 aliphatic heterocycles. The van der Waals surface area contributed by atoms with Crippen molar-refractivity contribution in [1.82, 2.24) is 10.2 Å². The Labute approximate surface area is 121 Å². The van der Waals surface area contributed by atoms with E-state index in [9.17, 15) is 4.79 Å². The Balaban J connectivity index is 1.65. The van der Waals surface area contributed by atoms with Crippen LogP contribution >= 0.6 is 0 Å². The minimum atomic E-state index is 0.146. The summed E-state index contributed by atoms with van der Waals surface area (Å²) in [4.78, 5) is 13.7. The van der Waals surface area contributed by atoms with Crippen LogP contribution in [0.1, 0.15) is 25.3 Å². The average Bonchev–Trinajstić information content (AvgIpc) is 3.28. The molecule has 4 nitrogen and oxygen atoms in total. The highest BCUT2D eigenvalue weighted by molar-refractivity contribution is 5.78. The Morgan fingerprint density at radius 1 is 1.40 bits per heavy atom. The highest BCUT2D eigenvalue weighted by Gasteiger charge is 2.29. The maximum Gasteiger partial charge on any atom is 0.236 e. The summed E-state index contributed by atoms with van der Waals surface area (Å²) in [7, 11) is 1.88. The Morgan fingerprint density at radius 2 is 2.05 bits per heavy atom. The van der Waals surface area contributed by atoms with Crippen molar-refractivity contribution >= 4 is 5.91 Å². The summed E-state index contributed by atoms with van der Waals surface area (Å²) < 4.78 is 5.69. The Morgan fingerprint density at radius 3 is 2.65 bits per heavy atom. The fraction of sp³-hybridized carbons (Fsp3) is 0.562. The number of nitrogens with one attached hydrogen (secondary N) is 1. The first-order chi connectivity index (χ1) is 9.56. The van der Waals surface area contributed by atoms with Gasteiger partial charge in [-0.05, 0) is 38.8 Å². The van der Waals surface area contributed by atoms with Gasteiger partial charge in [-0.1, -0.05) is 17.7 Å². The first kappa shape index (κ1) is 14.9. The van der Waals surface area contributed by atoms with Gasteiger partial charge in [-0.25, -0.2) is 0 Å². The molecule has 0 spiro atoms. The number of hydrogen-bond acceptors (Lipinski definition) is 3. The maximum absolute atomic E-state index is 11.9. The lowest BCUT2D eigenvalue weighted by molar-refractivity contribution is -0.129. The van der Waals surface area contributed by atoms with Crippen LogP contribution in [-0.4, -0.2) is 43.1 Å². The van der Waals surface area contributed by atoms with Crippen LogP contribution < -0.4 is 10.1 Å². The van der Waals surface area contributed by atoms with Gasteiger partial charge in [0.25, 0.3) is 0 Å². The van der Waals surface area contributed by atoms with E-state index in [-0.39, 0.29) is 11.9 Å². The van der Waals surface area contributed by atoms with Crippen molar-refractivity contribution in [3.8, 4) is 5.75 Å². The van der Waals surface area contributed by atoms with E-state index in [1.165, 1.54) is 5.56 Å². The molecule has 2 rings (SSSR count). The third kappa shape index (κ3) is 4.53. The molecule has 1 fully saturated rings. The van der Waals surface area contributed by atoms with Crippen LogP contribution in [0.4, 0.5) is 0 Å². The summed E-state index contributed by atoms with van der Waals surface area (Å²) in [6, 6.07) is 8.61. The molecule has 1 N–H and O–H groups in total. The summed E-state index contributed by atoms with van der Waals surface area (Å²) in [5.74, 6) is 1.03. The van der Waals surface area contributed by atoms with Crippen molar-refractivity contribution < 1.29 is 9.53 Å². The fourth-order valence-corrected chi connectivity index (χ4v) is 1.97. The molecule has 1 amide bonds. The second-order valence-electron chi connectivity index (χ2n) is 5.64. The zero-order chi connectivity index (χ0) is 14.5. The van der Waals surface area contributed by atoms with Crippen LogP contribution in [0.2, 0.25) is 0 Å². The Hall–Kier alpha value is -1.55. The maximum atomic E-state index is 11.9. The van der Waals surface area contributed by atoms with Gasteiger partial charge in [0.2, 0.25) is 5.91 Å². The lowest BCUT2D eigenvalue weighted by Crippen LogP contribution is -2.41. The van der Waals surface area contributed by atoms with Crippen LogP contribution in [0.5, 0.6) is 5.75 Å². The van der Waals surface area contributed by atoms with E-state index in [0.717, 1.165) is 18.6 Å². The second kappa shape index (κ2) is 6.75. The van der Waals surface area contributed by atoms with E-state index >= 15 is 0 Å². The van der Waals surface area contributed by atoms with Gasteiger partial charge in [-0.3, -0.25) is 4.79 Å². The number of carbonyl (C=O) groups is 1. The molecule has 1 aromatic rings. The summed E-state index contributed by atoms with van der Waals surface area (Å²) in [5, 5.41) is 3.21. The van der Waals surface area contributed by atoms with Crippen molar-refractivity contribution in [3.63, 3.8) is 0 Å². The average molecular weight is 276 g/mol. The largest absolute Gasteiger partial charge is 0.492 e. The van der Waals surface area contributed by atoms with Gasteiger partial charge in [-0.2, -0.15) is 0 Å². The predicted octanol–water partition coefficient (Wildman–Crippen LogP) is 1.97. The van der Waals surface area contributed by atoms with Crippen molar-refractivity contribution in [2.45, 2.75) is 38.8 Å². The number of hydrogen-bond donors (Lipinski definition) is 1. The van der Waals surface area contributed by atoms with Gasteiger partial charge in [0, 0.05) is 19.1 Å². The molecule has 1 aliphatic carbocycles. The van der Waals surface area contributed by atoms with Crippen LogP contribution in [0, 0.1) is 6.92 Å². The van der Waals surface area contributed by atoms with Crippen LogP contribution in [0.3, 0.4) is 0 Å². The van der Waals surface area contributed by atoms with Crippen molar-refractivity contribution in [2.75, 3.05) is 20.2 Å². The lowest BCUT2D eigenvalue weighted by atomic mass is 10.2. The first-order valence-corrected chi connectivity index (χ1v) is 7.25. The number of likely N-dealkylation sites (N-methyl/N-ethyl adjacent to an activating group) is 1. The zero-order valence-electron chi connectivity index (χ0n) is 12.6. The number of nitrogens with zero attached hydrogens (tertiary/aromatic N) is 1. The topological polar surface area (TPSA) is 41.6 Å². The molecule has 0 radical (unpaired) electrons. The van der Waals surface area contributed by atoms with Crippen molar-refractivity contribution in [1.29, 1.82) is 0 Å². The summed E-state index contributed by atoms with van der Waals surface area (Å²) in [6.45, 7) is 5.02. The van der Waals surface area contributed by atoms with Crippen molar-refractivity contribution in [3.05, 3.63) is 29.8 Å². The molecule has 20 heavy (non-hydrogen) atoms. The summed E-state index contributed by atoms with van der Waals surface area (Å²) in [5.41, 5.74) is 1.22. The highest BCUT2D eigenvalue weighted by Crippen LogP contribution is 2.25. The molecule has 4 heteroatoms. The number of ether oxygens (including phenoxy) is 1. The normalized spacial score (nSPS) is 15.8. The first-order valence-electron chi connectivity index (χ1n) is 7.25. The smallest absolute Gasteiger partial charge is 0.236 e. The van der Waals surface area contributed by atoms with Gasteiger partial charge in [0.15, 0.2) is 0 Å². The van der Waals surface area contributed by atoms with E-state index in [1.54, 1.807) is 0 Å². The van der Waals surface area contributed by atoms with E-state index in [4.69, 9.17) is 4.74 Å². The van der Waals surface area contributed by atoms with Gasteiger partial charge in [0.1, 0.15) is 12.4 Å². The monoisotopic (exact) mass is 276 g/mol. The Bertz CT molecular complexity index is 440. The molecule has 0 aromatic heterocycles. The number of aryl methyl sites for hydroxylation is 1. The van der Waals surface area contributed by atoms with Crippen LogP contribution in [0.25, 0.3) is 0 Å². The minimum absolute atomic E-state index is 0.146. The molecule has 0 bridgehead atoms. The van der Waals surface area contributed by atoms with Crippen LogP contribution in [0.15, 0.2) is 24.3 Å². The van der Waals surface area contributed by atoms with Gasteiger partial charge in [0.05, 0.1) is 6.54 Å². The SMILES string of the molecule is Cc1ccc(OCC(C)NCC(=O)N(C)C2CC2)cc1. The molecule has 0 saturated heterocycles. The molecule has 0 heterocycles. The summed E-state index contributed by atoms with van der Waals surface area (Å²) in [6.07, 6.45) is 2.29. The summed E-state index contributed by atoms with van der Waals surface area (Å²) >= 11 is 0. The van der Waals surface area contributed by atoms with E-state index in [0.29, 0.717) is 19.2 Å². The predicted molar refractivity (Wildman–Crippen MR) is 79.9 cm³/mol. The number of rotatable bonds is 7. The lowest BCUT2D eigenvalue weighted by Gasteiger charge is -2.19. The molecule has 1 aromatic carbocycles. The highest BCUT2D eigenvalue weighted by atomic mass is 16.5. The van der Waals surface area contributed by atoms with E-state index < -0.39 is 0 Å². The third-order valence-electron chi connectivity index (χ3n) is 3.61. The third-order valence-corrected chi connectivity index (χ3v) is 3.61. The molecule has 1 saturated carbocycles. The molecule has 1 atom stereocenters. The number of benzene rings is 1. The standard InChI is InChI=1S/C16H24N2O2/c1-12-4-8-15(9-5-12)20-11-13(2)17-10-16(19)18(3)14-6-7-14/h4-5,8-9,13-14,17H,6-7,10-11H2,1-3H3. The number of carbonyl (C=O) groups excluding carboxylic acids is 1. The van der Waals surface area contributed by atoms with Crippen LogP contribution in [-0.2, 0) is 4.79 Å². The molecular weight excluding hydrogens is 252 g/mol. The van der Waals surface area contributed by atoms with E-state index in [1.807, 2.05) is 43.1 Å². The minimum Gasteiger partial charge on any atom is -0.492 e. The number of amides is 1. The Kier molecular flexibility index (Phi) is 5.01. The van der Waals surface area contributed by atoms with Gasteiger partial charge in [-0.15, -0.1) is 0 Å². The molecule has 1 unspecified atom stereocenters. The molecular formula is C16H24N2O2. The quantitative estimate of drug-likeness (QED) is 0.828. The molecule has 110 valence electrons. The van der Waals surface area contributed by atoms with E-state index in [2.05, 4.69) is 12.2 Å². The zero-order valence-corrected chi connectivity index (χ0v) is 12.6. The van der Waals surface area contributed by atoms with Crippen molar-refractivity contribution in [2.24, 2.45) is 0 Å².